The zero-order valence-corrected chi connectivity index (χ0v) is 15.2. The molecule has 1 aliphatic heterocycles. The van der Waals surface area contributed by atoms with Gasteiger partial charge < -0.3 is 14.6 Å². The van der Waals surface area contributed by atoms with Gasteiger partial charge in [0.1, 0.15) is 0 Å². The van der Waals surface area contributed by atoms with E-state index in [0.717, 1.165) is 30.8 Å². The molecule has 0 amide bonds. The summed E-state index contributed by atoms with van der Waals surface area (Å²) in [6.45, 7) is 6.71. The van der Waals surface area contributed by atoms with Crippen molar-refractivity contribution in [2.75, 3.05) is 13.6 Å². The molecule has 1 unspecified atom stereocenters. The van der Waals surface area contributed by atoms with Gasteiger partial charge in [0.2, 0.25) is 0 Å². The van der Waals surface area contributed by atoms with Crippen molar-refractivity contribution in [1.82, 2.24) is 14.5 Å². The van der Waals surface area contributed by atoms with Crippen LogP contribution in [0, 0.1) is 13.8 Å². The minimum Gasteiger partial charge on any atom is -0.386 e. The highest BCUT2D eigenvalue weighted by Gasteiger charge is 2.23. The van der Waals surface area contributed by atoms with Gasteiger partial charge in [-0.3, -0.25) is 4.98 Å². The number of aliphatic hydroxyl groups is 1. The summed E-state index contributed by atoms with van der Waals surface area (Å²) >= 11 is 0. The van der Waals surface area contributed by atoms with E-state index in [4.69, 9.17) is 0 Å². The Morgan fingerprint density at radius 3 is 2.80 bits per heavy atom. The molecule has 1 N–H and O–H groups in total. The van der Waals surface area contributed by atoms with Crippen LogP contribution < -0.4 is 0 Å². The van der Waals surface area contributed by atoms with E-state index < -0.39 is 6.10 Å². The summed E-state index contributed by atoms with van der Waals surface area (Å²) in [5.74, 6) is 0. The maximum absolute atomic E-state index is 10.8. The van der Waals surface area contributed by atoms with Crippen LogP contribution in [0.5, 0.6) is 0 Å². The van der Waals surface area contributed by atoms with Gasteiger partial charge in [0.25, 0.3) is 0 Å². The first-order valence-electron chi connectivity index (χ1n) is 8.92. The molecule has 1 aromatic carbocycles. The van der Waals surface area contributed by atoms with E-state index in [-0.39, 0.29) is 0 Å². The van der Waals surface area contributed by atoms with E-state index in [2.05, 4.69) is 46.6 Å². The highest BCUT2D eigenvalue weighted by molar-refractivity contribution is 5.86. The second-order valence-electron chi connectivity index (χ2n) is 7.29. The molecule has 1 atom stereocenters. The van der Waals surface area contributed by atoms with Gasteiger partial charge in [0.15, 0.2) is 0 Å². The minimum atomic E-state index is -0.547. The lowest BCUT2D eigenvalue weighted by atomic mass is 10.0. The average molecular weight is 335 g/mol. The van der Waals surface area contributed by atoms with Crippen LogP contribution in [-0.4, -0.2) is 33.1 Å². The van der Waals surface area contributed by atoms with Crippen LogP contribution in [0.1, 0.15) is 34.2 Å². The van der Waals surface area contributed by atoms with Crippen LogP contribution in [0.4, 0.5) is 0 Å². The zero-order valence-electron chi connectivity index (χ0n) is 15.2. The summed E-state index contributed by atoms with van der Waals surface area (Å²) < 4.78 is 2.32. The summed E-state index contributed by atoms with van der Waals surface area (Å²) in [7, 11) is 2.18. The van der Waals surface area contributed by atoms with Gasteiger partial charge >= 0.3 is 0 Å². The first kappa shape index (κ1) is 16.3. The third-order valence-electron chi connectivity index (χ3n) is 5.28. The summed E-state index contributed by atoms with van der Waals surface area (Å²) in [5.41, 5.74) is 7.15. The zero-order chi connectivity index (χ0) is 17.6. The molecule has 0 saturated carbocycles. The van der Waals surface area contributed by atoms with Crippen LogP contribution >= 0.6 is 0 Å². The van der Waals surface area contributed by atoms with Gasteiger partial charge in [-0.2, -0.15) is 0 Å². The standard InChI is InChI=1S/C21H25N3O/c1-14-4-7-19-17(10-14)18-12-23(3)9-8-20(18)24(19)13-21(25)16-6-5-15(2)22-11-16/h4-7,10-11,21,25H,8-9,12-13H2,1-3H3. The number of hydrogen-bond donors (Lipinski definition) is 1. The summed E-state index contributed by atoms with van der Waals surface area (Å²) in [6, 6.07) is 10.6. The van der Waals surface area contributed by atoms with Crippen LogP contribution in [0.25, 0.3) is 10.9 Å². The number of rotatable bonds is 3. The number of benzene rings is 1. The predicted octanol–water partition coefficient (Wildman–Crippen LogP) is 3.37. The molecule has 4 heteroatoms. The maximum atomic E-state index is 10.8. The van der Waals surface area contributed by atoms with E-state index in [1.165, 1.54) is 27.7 Å². The Morgan fingerprint density at radius 2 is 2.04 bits per heavy atom. The second-order valence-corrected chi connectivity index (χ2v) is 7.29. The molecular formula is C21H25N3O. The number of likely N-dealkylation sites (N-methyl/N-ethyl adjacent to an activating group) is 1. The molecule has 0 aliphatic carbocycles. The molecule has 1 aliphatic rings. The Morgan fingerprint density at radius 1 is 1.20 bits per heavy atom. The Balaban J connectivity index is 1.77. The Kier molecular flexibility index (Phi) is 4.10. The molecule has 25 heavy (non-hydrogen) atoms. The fourth-order valence-electron chi connectivity index (χ4n) is 3.86. The van der Waals surface area contributed by atoms with Gasteiger partial charge in [-0.15, -0.1) is 0 Å². The fraction of sp³-hybridized carbons (Fsp3) is 0.381. The van der Waals surface area contributed by atoms with E-state index >= 15 is 0 Å². The molecule has 4 rings (SSSR count). The molecule has 3 aromatic rings. The second kappa shape index (κ2) is 6.28. The Bertz CT molecular complexity index is 911. The summed E-state index contributed by atoms with van der Waals surface area (Å²) in [4.78, 5) is 6.69. The molecule has 0 saturated heterocycles. The number of aromatic nitrogens is 2. The van der Waals surface area contributed by atoms with Crippen molar-refractivity contribution in [3.05, 3.63) is 64.6 Å². The molecule has 0 radical (unpaired) electrons. The molecular weight excluding hydrogens is 310 g/mol. The van der Waals surface area contributed by atoms with E-state index in [1.807, 2.05) is 19.1 Å². The normalized spacial score (nSPS) is 16.2. The maximum Gasteiger partial charge on any atom is 0.0983 e. The van der Waals surface area contributed by atoms with Crippen LogP contribution in [0.3, 0.4) is 0 Å². The van der Waals surface area contributed by atoms with Crippen molar-refractivity contribution in [2.45, 2.75) is 39.5 Å². The van der Waals surface area contributed by atoms with Gasteiger partial charge in [0.05, 0.1) is 12.6 Å². The number of pyridine rings is 1. The quantitative estimate of drug-likeness (QED) is 0.798. The number of hydrogen-bond acceptors (Lipinski definition) is 3. The molecule has 0 spiro atoms. The van der Waals surface area contributed by atoms with Crippen LogP contribution in [0.2, 0.25) is 0 Å². The van der Waals surface area contributed by atoms with Gasteiger partial charge in [-0.1, -0.05) is 17.7 Å². The fourth-order valence-corrected chi connectivity index (χ4v) is 3.86. The highest BCUT2D eigenvalue weighted by Crippen LogP contribution is 2.32. The summed E-state index contributed by atoms with van der Waals surface area (Å²) in [6.07, 6.45) is 2.27. The first-order chi connectivity index (χ1) is 12.0. The van der Waals surface area contributed by atoms with Crippen LogP contribution in [0.15, 0.2) is 36.5 Å². The monoisotopic (exact) mass is 335 g/mol. The van der Waals surface area contributed by atoms with E-state index in [1.54, 1.807) is 6.20 Å². The number of fused-ring (bicyclic) bond motifs is 3. The molecule has 3 heterocycles. The average Bonchev–Trinajstić information content (AvgIpc) is 2.88. The molecule has 130 valence electrons. The molecule has 4 nitrogen and oxygen atoms in total. The highest BCUT2D eigenvalue weighted by atomic mass is 16.3. The molecule has 0 fully saturated rings. The lowest BCUT2D eigenvalue weighted by Crippen LogP contribution is -2.27. The van der Waals surface area contributed by atoms with E-state index in [0.29, 0.717) is 6.54 Å². The Hall–Kier alpha value is -2.17. The van der Waals surface area contributed by atoms with Gasteiger partial charge in [-0.25, -0.2) is 0 Å². The number of aryl methyl sites for hydroxylation is 2. The first-order valence-corrected chi connectivity index (χ1v) is 8.92. The van der Waals surface area contributed by atoms with Crippen LogP contribution in [-0.2, 0) is 19.5 Å². The summed E-state index contributed by atoms with van der Waals surface area (Å²) in [5, 5.41) is 12.1. The number of nitrogens with zero attached hydrogens (tertiary/aromatic N) is 3. The minimum absolute atomic E-state index is 0.547. The van der Waals surface area contributed by atoms with Gasteiger partial charge in [-0.05, 0) is 44.7 Å². The Labute approximate surface area is 148 Å². The van der Waals surface area contributed by atoms with Crippen molar-refractivity contribution in [2.24, 2.45) is 0 Å². The van der Waals surface area contributed by atoms with E-state index in [9.17, 15) is 5.11 Å². The number of aliphatic hydroxyl groups excluding tert-OH is 1. The largest absolute Gasteiger partial charge is 0.386 e. The van der Waals surface area contributed by atoms with Crippen molar-refractivity contribution >= 4 is 10.9 Å². The lowest BCUT2D eigenvalue weighted by molar-refractivity contribution is 0.155. The lowest BCUT2D eigenvalue weighted by Gasteiger charge is -2.25. The molecule has 2 aromatic heterocycles. The van der Waals surface area contributed by atoms with Gasteiger partial charge in [0, 0.05) is 53.6 Å². The van der Waals surface area contributed by atoms with Crippen molar-refractivity contribution in [3.63, 3.8) is 0 Å². The predicted molar refractivity (Wildman–Crippen MR) is 101 cm³/mol. The van der Waals surface area contributed by atoms with Crippen molar-refractivity contribution in [3.8, 4) is 0 Å². The smallest absolute Gasteiger partial charge is 0.0983 e. The third kappa shape index (κ3) is 2.96. The van der Waals surface area contributed by atoms with Crippen molar-refractivity contribution < 1.29 is 5.11 Å². The third-order valence-corrected chi connectivity index (χ3v) is 5.28. The molecule has 0 bridgehead atoms. The SMILES string of the molecule is Cc1ccc2c(c1)c1c(n2CC(O)c2ccc(C)nc2)CCN(C)C1. The topological polar surface area (TPSA) is 41.3 Å². The van der Waals surface area contributed by atoms with Crippen molar-refractivity contribution in [1.29, 1.82) is 0 Å².